The van der Waals surface area contributed by atoms with Crippen LogP contribution in [0.2, 0.25) is 0 Å². The number of nitrogens with zero attached hydrogens (tertiary/aromatic N) is 1. The molecule has 0 amide bonds. The summed E-state index contributed by atoms with van der Waals surface area (Å²) in [4.78, 5) is 2.54. The Morgan fingerprint density at radius 3 is 2.55 bits per heavy atom. The van der Waals surface area contributed by atoms with E-state index in [0.717, 1.165) is 23.8 Å². The van der Waals surface area contributed by atoms with Crippen molar-refractivity contribution in [2.45, 2.75) is 71.3 Å². The highest BCUT2D eigenvalue weighted by Gasteiger charge is 2.24. The second kappa shape index (κ2) is 9.28. The molecule has 3 heteroatoms. The van der Waals surface area contributed by atoms with Crippen LogP contribution in [0.4, 0.5) is 0 Å². The van der Waals surface area contributed by atoms with Crippen LogP contribution in [0.5, 0.6) is 0 Å². The largest absolute Gasteiger partial charge is 0.377 e. The normalized spacial score (nSPS) is 31.8. The van der Waals surface area contributed by atoms with Crippen LogP contribution in [-0.2, 0) is 0 Å². The molecule has 2 unspecified atom stereocenters. The summed E-state index contributed by atoms with van der Waals surface area (Å²) < 4.78 is 0. The van der Waals surface area contributed by atoms with Gasteiger partial charge in [0, 0.05) is 25.3 Å². The summed E-state index contributed by atoms with van der Waals surface area (Å²) in [5.74, 6) is 4.79. The molecule has 0 radical (unpaired) electrons. The number of hydrogen-bond acceptors (Lipinski definition) is 2. The molecule has 1 saturated heterocycles. The SMILES string of the molecule is CC1CCC(/C(=C/P)N(C)C[C@H](C)CC2CCCCN2)CC1. The molecule has 1 aliphatic carbocycles. The van der Waals surface area contributed by atoms with Gasteiger partial charge in [-0.2, -0.15) is 0 Å². The molecule has 128 valence electrons. The van der Waals surface area contributed by atoms with E-state index in [1.54, 1.807) is 5.70 Å². The van der Waals surface area contributed by atoms with Gasteiger partial charge >= 0.3 is 0 Å². The van der Waals surface area contributed by atoms with Gasteiger partial charge in [0.2, 0.25) is 0 Å². The third-order valence-corrected chi connectivity index (χ3v) is 6.07. The van der Waals surface area contributed by atoms with Gasteiger partial charge in [0.1, 0.15) is 0 Å². The Hall–Kier alpha value is -0.0700. The van der Waals surface area contributed by atoms with Crippen LogP contribution in [0.3, 0.4) is 0 Å². The molecule has 1 saturated carbocycles. The van der Waals surface area contributed by atoms with E-state index < -0.39 is 0 Å². The van der Waals surface area contributed by atoms with Gasteiger partial charge in [-0.05, 0) is 62.2 Å². The zero-order valence-electron chi connectivity index (χ0n) is 15.0. The number of allylic oxidation sites excluding steroid dienone is 1. The van der Waals surface area contributed by atoms with Gasteiger partial charge in [0.25, 0.3) is 0 Å². The lowest BCUT2D eigenvalue weighted by Crippen LogP contribution is -2.37. The molecule has 2 aliphatic rings. The Kier molecular flexibility index (Phi) is 7.71. The van der Waals surface area contributed by atoms with Crippen molar-refractivity contribution < 1.29 is 0 Å². The molecule has 0 aromatic heterocycles. The first-order valence-corrected chi connectivity index (χ1v) is 10.1. The molecule has 22 heavy (non-hydrogen) atoms. The molecular formula is C19H37N2P. The first-order valence-electron chi connectivity index (χ1n) is 9.46. The van der Waals surface area contributed by atoms with Crippen molar-refractivity contribution in [3.63, 3.8) is 0 Å². The maximum Gasteiger partial charge on any atom is 0.0198 e. The van der Waals surface area contributed by atoms with Crippen molar-refractivity contribution in [2.24, 2.45) is 17.8 Å². The monoisotopic (exact) mass is 324 g/mol. The lowest BCUT2D eigenvalue weighted by molar-refractivity contribution is 0.236. The minimum Gasteiger partial charge on any atom is -0.377 e. The average Bonchev–Trinajstić information content (AvgIpc) is 2.50. The van der Waals surface area contributed by atoms with Crippen LogP contribution in [0.15, 0.2) is 11.5 Å². The van der Waals surface area contributed by atoms with Gasteiger partial charge in [-0.25, -0.2) is 0 Å². The van der Waals surface area contributed by atoms with Crippen LogP contribution in [0.1, 0.15) is 65.2 Å². The molecule has 2 rings (SSSR count). The van der Waals surface area contributed by atoms with E-state index in [9.17, 15) is 0 Å². The standard InChI is InChI=1S/C19H37N2P/c1-15-7-9-17(10-8-15)19(14-22)21(3)13-16(2)12-18-6-4-5-11-20-18/h14-18,20H,4-13,22H2,1-3H3/b19-14-/t15?,16-,17?,18?/m1/s1. The fourth-order valence-corrected chi connectivity index (χ4v) is 4.92. The Bertz CT molecular complexity index is 341. The summed E-state index contributed by atoms with van der Waals surface area (Å²) in [6, 6.07) is 0.760. The summed E-state index contributed by atoms with van der Waals surface area (Å²) in [5.41, 5.74) is 1.57. The van der Waals surface area contributed by atoms with Crippen LogP contribution < -0.4 is 5.32 Å². The maximum atomic E-state index is 3.70. The van der Waals surface area contributed by atoms with E-state index in [2.05, 4.69) is 46.2 Å². The Morgan fingerprint density at radius 1 is 1.23 bits per heavy atom. The van der Waals surface area contributed by atoms with E-state index in [1.807, 2.05) is 0 Å². The van der Waals surface area contributed by atoms with E-state index in [1.165, 1.54) is 64.5 Å². The highest BCUT2D eigenvalue weighted by Crippen LogP contribution is 2.35. The van der Waals surface area contributed by atoms with Gasteiger partial charge in [0.15, 0.2) is 0 Å². The van der Waals surface area contributed by atoms with Crippen molar-refractivity contribution >= 4 is 9.24 Å². The van der Waals surface area contributed by atoms with Gasteiger partial charge < -0.3 is 10.2 Å². The first-order chi connectivity index (χ1) is 10.6. The lowest BCUT2D eigenvalue weighted by atomic mass is 9.81. The maximum absolute atomic E-state index is 3.70. The predicted octanol–water partition coefficient (Wildman–Crippen LogP) is 4.63. The minimum absolute atomic E-state index is 0.760. The number of nitrogens with one attached hydrogen (secondary N) is 1. The zero-order valence-corrected chi connectivity index (χ0v) is 16.1. The van der Waals surface area contributed by atoms with Gasteiger partial charge in [-0.15, -0.1) is 9.24 Å². The minimum atomic E-state index is 0.760. The molecule has 2 nitrogen and oxygen atoms in total. The van der Waals surface area contributed by atoms with Crippen LogP contribution >= 0.6 is 9.24 Å². The lowest BCUT2D eigenvalue weighted by Gasteiger charge is -2.35. The van der Waals surface area contributed by atoms with Crippen molar-refractivity contribution in [1.82, 2.24) is 10.2 Å². The third kappa shape index (κ3) is 5.53. The topological polar surface area (TPSA) is 15.3 Å². The molecular weight excluding hydrogens is 287 g/mol. The van der Waals surface area contributed by atoms with Crippen LogP contribution in [-0.4, -0.2) is 31.1 Å². The first kappa shape index (κ1) is 18.3. The molecule has 0 aromatic rings. The molecule has 0 spiro atoms. The van der Waals surface area contributed by atoms with Crippen molar-refractivity contribution in [2.75, 3.05) is 20.1 Å². The molecule has 1 heterocycles. The molecule has 1 N–H and O–H groups in total. The Labute approximate surface area is 140 Å². The van der Waals surface area contributed by atoms with Crippen LogP contribution in [0.25, 0.3) is 0 Å². The van der Waals surface area contributed by atoms with E-state index in [0.29, 0.717) is 0 Å². The number of hydrogen-bond donors (Lipinski definition) is 1. The fourth-order valence-electron chi connectivity index (χ4n) is 4.39. The summed E-state index contributed by atoms with van der Waals surface area (Å²) in [6.07, 6.45) is 11.1. The molecule has 0 bridgehead atoms. The molecule has 1 aliphatic heterocycles. The highest BCUT2D eigenvalue weighted by atomic mass is 31.0. The van der Waals surface area contributed by atoms with Crippen molar-refractivity contribution in [1.29, 1.82) is 0 Å². The summed E-state index contributed by atoms with van der Waals surface area (Å²) in [7, 11) is 5.16. The quantitative estimate of drug-likeness (QED) is 0.717. The van der Waals surface area contributed by atoms with E-state index >= 15 is 0 Å². The van der Waals surface area contributed by atoms with Crippen molar-refractivity contribution in [3.8, 4) is 0 Å². The molecule has 3 atom stereocenters. The summed E-state index contributed by atoms with van der Waals surface area (Å²) >= 11 is 0. The fraction of sp³-hybridized carbons (Fsp3) is 0.895. The van der Waals surface area contributed by atoms with Crippen molar-refractivity contribution in [3.05, 3.63) is 11.5 Å². The number of piperidine rings is 1. The van der Waals surface area contributed by atoms with Crippen LogP contribution in [0, 0.1) is 17.8 Å². The third-order valence-electron chi connectivity index (χ3n) is 5.73. The Balaban J connectivity index is 1.79. The Morgan fingerprint density at radius 2 is 1.95 bits per heavy atom. The number of rotatable bonds is 6. The highest BCUT2D eigenvalue weighted by molar-refractivity contribution is 7.20. The second-order valence-corrected chi connectivity index (χ2v) is 8.25. The molecule has 0 aromatic carbocycles. The summed E-state index contributed by atoms with van der Waals surface area (Å²) in [5, 5.41) is 3.70. The van der Waals surface area contributed by atoms with Gasteiger partial charge in [0.05, 0.1) is 0 Å². The molecule has 2 fully saturated rings. The average molecular weight is 324 g/mol. The second-order valence-electron chi connectivity index (χ2n) is 7.92. The van der Waals surface area contributed by atoms with Gasteiger partial charge in [-0.3, -0.25) is 0 Å². The van der Waals surface area contributed by atoms with Gasteiger partial charge in [-0.1, -0.05) is 33.1 Å². The summed E-state index contributed by atoms with van der Waals surface area (Å²) in [6.45, 7) is 7.26. The smallest absolute Gasteiger partial charge is 0.0198 e. The van der Waals surface area contributed by atoms with E-state index in [-0.39, 0.29) is 0 Å². The van der Waals surface area contributed by atoms with E-state index in [4.69, 9.17) is 0 Å². The predicted molar refractivity (Wildman–Crippen MR) is 101 cm³/mol. The zero-order chi connectivity index (χ0) is 15.9.